The lowest BCUT2D eigenvalue weighted by molar-refractivity contribution is 0.764. The van der Waals surface area contributed by atoms with Crippen LogP contribution in [0.25, 0.3) is 0 Å². The average molecular weight is 146 g/mol. The van der Waals surface area contributed by atoms with E-state index in [0.29, 0.717) is 0 Å². The molecule has 0 fully saturated rings. The molecule has 2 aliphatic rings. The Labute approximate surface area is 68.3 Å². The lowest BCUT2D eigenvalue weighted by atomic mass is 9.96. The predicted octanol–water partition coefficient (Wildman–Crippen LogP) is 3.37. The molecular formula is C11H14. The molecule has 0 aliphatic heterocycles. The summed E-state index contributed by atoms with van der Waals surface area (Å²) in [7, 11) is 0. The minimum absolute atomic E-state index is 1.17. The topological polar surface area (TPSA) is 0 Å². The highest BCUT2D eigenvalue weighted by Gasteiger charge is 2.08. The van der Waals surface area contributed by atoms with Crippen molar-refractivity contribution in [2.75, 3.05) is 0 Å². The molecule has 0 N–H and O–H groups in total. The Morgan fingerprint density at radius 2 is 2.09 bits per heavy atom. The summed E-state index contributed by atoms with van der Waals surface area (Å²) in [6.07, 6.45) is 15.7. The van der Waals surface area contributed by atoms with Crippen molar-refractivity contribution in [1.29, 1.82) is 0 Å². The highest BCUT2D eigenvalue weighted by molar-refractivity contribution is 5.39. The van der Waals surface area contributed by atoms with E-state index in [4.69, 9.17) is 0 Å². The molecule has 0 heteroatoms. The molecule has 2 aliphatic carbocycles. The van der Waals surface area contributed by atoms with Crippen LogP contribution < -0.4 is 0 Å². The summed E-state index contributed by atoms with van der Waals surface area (Å²) in [6.45, 7) is 0. The van der Waals surface area contributed by atoms with Crippen molar-refractivity contribution in [1.82, 2.24) is 0 Å². The van der Waals surface area contributed by atoms with E-state index in [-0.39, 0.29) is 0 Å². The van der Waals surface area contributed by atoms with Gasteiger partial charge in [-0.25, -0.2) is 0 Å². The highest BCUT2D eigenvalue weighted by Crippen LogP contribution is 2.28. The first kappa shape index (κ1) is 6.90. The second-order valence-corrected chi connectivity index (χ2v) is 3.30. The van der Waals surface area contributed by atoms with Crippen molar-refractivity contribution in [3.63, 3.8) is 0 Å². The van der Waals surface area contributed by atoms with Crippen LogP contribution in [0, 0.1) is 0 Å². The largest absolute Gasteiger partial charge is 0.0807 e. The molecule has 0 radical (unpaired) electrons. The van der Waals surface area contributed by atoms with Crippen LogP contribution in [0.5, 0.6) is 0 Å². The number of allylic oxidation sites excluding steroid dienone is 6. The molecule has 0 saturated carbocycles. The molecule has 0 aromatic carbocycles. The maximum atomic E-state index is 2.42. The van der Waals surface area contributed by atoms with Gasteiger partial charge < -0.3 is 0 Å². The first-order valence-corrected chi connectivity index (χ1v) is 4.52. The maximum absolute atomic E-state index is 2.42. The van der Waals surface area contributed by atoms with E-state index < -0.39 is 0 Å². The van der Waals surface area contributed by atoms with Crippen LogP contribution in [-0.4, -0.2) is 0 Å². The van der Waals surface area contributed by atoms with Crippen LogP contribution in [0.4, 0.5) is 0 Å². The van der Waals surface area contributed by atoms with Gasteiger partial charge in [0.1, 0.15) is 0 Å². The van der Waals surface area contributed by atoms with Gasteiger partial charge in [-0.3, -0.25) is 0 Å². The zero-order valence-corrected chi connectivity index (χ0v) is 6.84. The molecule has 0 unspecified atom stereocenters. The summed E-state index contributed by atoms with van der Waals surface area (Å²) >= 11 is 0. The van der Waals surface area contributed by atoms with E-state index in [0.717, 1.165) is 0 Å². The third kappa shape index (κ3) is 1.45. The van der Waals surface area contributed by atoms with Crippen molar-refractivity contribution in [2.45, 2.75) is 32.1 Å². The van der Waals surface area contributed by atoms with Gasteiger partial charge in [0.05, 0.1) is 0 Å². The summed E-state index contributed by atoms with van der Waals surface area (Å²) in [4.78, 5) is 0. The third-order valence-electron chi connectivity index (χ3n) is 2.47. The summed E-state index contributed by atoms with van der Waals surface area (Å²) in [5, 5.41) is 0. The molecule has 2 rings (SSSR count). The van der Waals surface area contributed by atoms with Crippen LogP contribution in [0.1, 0.15) is 32.1 Å². The molecule has 0 aromatic rings. The Hall–Kier alpha value is -0.780. The lowest BCUT2D eigenvalue weighted by Crippen LogP contribution is -1.90. The quantitative estimate of drug-likeness (QED) is 0.491. The summed E-state index contributed by atoms with van der Waals surface area (Å²) in [6, 6.07) is 0. The van der Waals surface area contributed by atoms with Crippen molar-refractivity contribution in [3.8, 4) is 0 Å². The number of rotatable bonds is 0. The second-order valence-electron chi connectivity index (χ2n) is 3.30. The molecule has 11 heavy (non-hydrogen) atoms. The Morgan fingerprint density at radius 3 is 3.09 bits per heavy atom. The van der Waals surface area contributed by atoms with Crippen molar-refractivity contribution >= 4 is 0 Å². The van der Waals surface area contributed by atoms with Crippen LogP contribution in [0.15, 0.2) is 35.5 Å². The Balaban J connectivity index is 2.25. The zero-order chi connectivity index (χ0) is 7.52. The Kier molecular flexibility index (Phi) is 1.93. The van der Waals surface area contributed by atoms with Crippen LogP contribution in [0.3, 0.4) is 0 Å². The minimum Gasteiger partial charge on any atom is -0.0807 e. The van der Waals surface area contributed by atoms with Gasteiger partial charge in [0.15, 0.2) is 0 Å². The van der Waals surface area contributed by atoms with Gasteiger partial charge in [-0.1, -0.05) is 24.3 Å². The van der Waals surface area contributed by atoms with Crippen molar-refractivity contribution in [2.24, 2.45) is 0 Å². The van der Waals surface area contributed by atoms with Gasteiger partial charge in [-0.05, 0) is 43.3 Å². The van der Waals surface area contributed by atoms with Gasteiger partial charge in [-0.2, -0.15) is 0 Å². The van der Waals surface area contributed by atoms with Gasteiger partial charge >= 0.3 is 0 Å². The molecule has 0 nitrogen and oxygen atoms in total. The number of fused-ring (bicyclic) bond motifs is 1. The molecule has 0 atom stereocenters. The van der Waals surface area contributed by atoms with E-state index in [1.54, 1.807) is 11.1 Å². The smallest absolute Gasteiger partial charge is 0.00948 e. The second kappa shape index (κ2) is 3.08. The van der Waals surface area contributed by atoms with Crippen molar-refractivity contribution in [3.05, 3.63) is 35.5 Å². The van der Waals surface area contributed by atoms with E-state index in [1.165, 1.54) is 32.1 Å². The average Bonchev–Trinajstić information content (AvgIpc) is 2.28. The van der Waals surface area contributed by atoms with E-state index >= 15 is 0 Å². The lowest BCUT2D eigenvalue weighted by Gasteiger charge is -2.10. The van der Waals surface area contributed by atoms with E-state index in [9.17, 15) is 0 Å². The SMILES string of the molecule is C1=CCC2=CCCCCC2=C1. The maximum Gasteiger partial charge on any atom is -0.00948 e. The van der Waals surface area contributed by atoms with Gasteiger partial charge in [0.2, 0.25) is 0 Å². The van der Waals surface area contributed by atoms with Crippen molar-refractivity contribution < 1.29 is 0 Å². The first-order chi connectivity index (χ1) is 5.47. The molecule has 0 saturated heterocycles. The first-order valence-electron chi connectivity index (χ1n) is 4.52. The minimum atomic E-state index is 1.17. The fourth-order valence-corrected chi connectivity index (χ4v) is 1.81. The fourth-order valence-electron chi connectivity index (χ4n) is 1.81. The molecule has 0 bridgehead atoms. The molecule has 0 amide bonds. The molecule has 0 spiro atoms. The predicted molar refractivity (Wildman–Crippen MR) is 48.4 cm³/mol. The molecular weight excluding hydrogens is 132 g/mol. The third-order valence-corrected chi connectivity index (χ3v) is 2.47. The Morgan fingerprint density at radius 1 is 1.09 bits per heavy atom. The summed E-state index contributed by atoms with van der Waals surface area (Å²) in [5.74, 6) is 0. The summed E-state index contributed by atoms with van der Waals surface area (Å²) in [5.41, 5.74) is 3.18. The highest BCUT2D eigenvalue weighted by atomic mass is 14.1. The fraction of sp³-hybridized carbons (Fsp3) is 0.455. The van der Waals surface area contributed by atoms with Crippen LogP contribution in [0.2, 0.25) is 0 Å². The van der Waals surface area contributed by atoms with Crippen LogP contribution in [-0.2, 0) is 0 Å². The Bertz CT molecular complexity index is 228. The molecule has 58 valence electrons. The molecule has 0 aromatic heterocycles. The number of hydrogen-bond donors (Lipinski definition) is 0. The number of hydrogen-bond acceptors (Lipinski definition) is 0. The van der Waals surface area contributed by atoms with Crippen LogP contribution >= 0.6 is 0 Å². The van der Waals surface area contributed by atoms with Gasteiger partial charge in [0, 0.05) is 0 Å². The molecule has 0 heterocycles. The van der Waals surface area contributed by atoms with Gasteiger partial charge in [0.25, 0.3) is 0 Å². The standard InChI is InChI=1S/C11H14/c1-2-6-10-8-4-5-9-11(10)7-3-1/h4-6,9H,1-3,7-8H2. The van der Waals surface area contributed by atoms with Gasteiger partial charge in [-0.15, -0.1) is 0 Å². The summed E-state index contributed by atoms with van der Waals surface area (Å²) < 4.78 is 0. The normalized spacial score (nSPS) is 23.3. The van der Waals surface area contributed by atoms with E-state index in [1.807, 2.05) is 0 Å². The zero-order valence-electron chi connectivity index (χ0n) is 6.84. The monoisotopic (exact) mass is 146 g/mol. The van der Waals surface area contributed by atoms with E-state index in [2.05, 4.69) is 24.3 Å².